The Balaban J connectivity index is 1.42. The Bertz CT molecular complexity index is 717. The predicted molar refractivity (Wildman–Crippen MR) is 117 cm³/mol. The van der Waals surface area contributed by atoms with Gasteiger partial charge in [0.15, 0.2) is 5.13 Å². The lowest BCUT2D eigenvalue weighted by Gasteiger charge is -2.43. The molecule has 2 saturated carbocycles. The second kappa shape index (κ2) is 9.30. The van der Waals surface area contributed by atoms with Gasteiger partial charge in [-0.05, 0) is 61.6 Å². The van der Waals surface area contributed by atoms with Gasteiger partial charge in [-0.25, -0.2) is 9.78 Å². The third kappa shape index (κ3) is 4.70. The first-order chi connectivity index (χ1) is 13.7. The maximum atomic E-state index is 13.2. The van der Waals surface area contributed by atoms with E-state index in [0.717, 1.165) is 31.6 Å². The standard InChI is InChI=1S/C22H30BN3OS/c23-20-15-24-21(28-20)25-22(27)26(18-9-5-2-6-10-18)19-13-11-17(12-14-19)16-7-3-1-4-8-16/h1,3-4,7,15-19H,2,5-6,8-14H2,(H,24,25,27). The van der Waals surface area contributed by atoms with E-state index in [2.05, 4.69) is 39.5 Å². The number of carbonyl (C=O) groups is 1. The van der Waals surface area contributed by atoms with Crippen LogP contribution in [0.5, 0.6) is 0 Å². The van der Waals surface area contributed by atoms with Crippen molar-refractivity contribution in [2.24, 2.45) is 11.8 Å². The number of urea groups is 1. The van der Waals surface area contributed by atoms with E-state index in [9.17, 15) is 4.79 Å². The van der Waals surface area contributed by atoms with Gasteiger partial charge in [-0.2, -0.15) is 0 Å². The summed E-state index contributed by atoms with van der Waals surface area (Å²) in [6.07, 6.45) is 22.5. The van der Waals surface area contributed by atoms with Crippen LogP contribution < -0.4 is 10.1 Å². The van der Waals surface area contributed by atoms with E-state index >= 15 is 0 Å². The van der Waals surface area contributed by atoms with Crippen LogP contribution in [-0.2, 0) is 0 Å². The molecular weight excluding hydrogens is 365 g/mol. The molecule has 4 rings (SSSR count). The Morgan fingerprint density at radius 3 is 2.46 bits per heavy atom. The molecule has 2 radical (unpaired) electrons. The molecule has 28 heavy (non-hydrogen) atoms. The number of hydrogen-bond donors (Lipinski definition) is 1. The fraction of sp³-hybridized carbons (Fsp3) is 0.636. The molecule has 1 heterocycles. The van der Waals surface area contributed by atoms with E-state index in [1.54, 1.807) is 6.20 Å². The Kier molecular flexibility index (Phi) is 6.56. The molecule has 3 aliphatic rings. The molecule has 0 aromatic carbocycles. The summed E-state index contributed by atoms with van der Waals surface area (Å²) in [5.41, 5.74) is 0. The second-order valence-electron chi connectivity index (χ2n) is 8.48. The van der Waals surface area contributed by atoms with E-state index in [0.29, 0.717) is 27.9 Å². The normalized spacial score (nSPS) is 28.2. The zero-order chi connectivity index (χ0) is 19.3. The summed E-state index contributed by atoms with van der Waals surface area (Å²) in [4.78, 5) is 19.6. The maximum absolute atomic E-state index is 13.2. The molecule has 1 atom stereocenters. The Morgan fingerprint density at radius 2 is 1.82 bits per heavy atom. The molecule has 4 nitrogen and oxygen atoms in total. The molecule has 0 spiro atoms. The number of aromatic nitrogens is 1. The number of rotatable bonds is 4. The average molecular weight is 395 g/mol. The highest BCUT2D eigenvalue weighted by atomic mass is 32.1. The van der Waals surface area contributed by atoms with Gasteiger partial charge >= 0.3 is 6.03 Å². The first kappa shape index (κ1) is 19.7. The number of nitrogens with zero attached hydrogens (tertiary/aromatic N) is 2. The van der Waals surface area contributed by atoms with Gasteiger partial charge in [-0.15, -0.1) is 11.3 Å². The third-order valence-electron chi connectivity index (χ3n) is 6.69. The molecule has 1 aromatic rings. The number of carbonyl (C=O) groups excluding carboxylic acids is 1. The van der Waals surface area contributed by atoms with Gasteiger partial charge in [0.25, 0.3) is 0 Å². The van der Waals surface area contributed by atoms with Crippen LogP contribution in [0.1, 0.15) is 64.2 Å². The van der Waals surface area contributed by atoms with Crippen LogP contribution in [-0.4, -0.2) is 35.8 Å². The van der Waals surface area contributed by atoms with Crippen LogP contribution in [0, 0.1) is 11.8 Å². The number of nitrogens with one attached hydrogen (secondary N) is 1. The number of amides is 2. The van der Waals surface area contributed by atoms with Crippen molar-refractivity contribution in [2.75, 3.05) is 5.32 Å². The van der Waals surface area contributed by atoms with Crippen molar-refractivity contribution < 1.29 is 4.79 Å². The summed E-state index contributed by atoms with van der Waals surface area (Å²) < 4.78 is 0.634. The van der Waals surface area contributed by atoms with Crippen molar-refractivity contribution in [3.8, 4) is 0 Å². The molecule has 6 heteroatoms. The first-order valence-electron chi connectivity index (χ1n) is 10.8. The first-order valence-corrected chi connectivity index (χ1v) is 11.7. The number of anilines is 1. The van der Waals surface area contributed by atoms with Gasteiger partial charge < -0.3 is 4.90 Å². The molecule has 2 amide bonds. The minimum atomic E-state index is 0.0187. The smallest absolute Gasteiger partial charge is 0.319 e. The second-order valence-corrected chi connectivity index (χ2v) is 9.54. The average Bonchev–Trinajstić information content (AvgIpc) is 3.15. The predicted octanol–water partition coefficient (Wildman–Crippen LogP) is 4.79. The summed E-state index contributed by atoms with van der Waals surface area (Å²) in [5.74, 6) is 1.44. The van der Waals surface area contributed by atoms with Crippen LogP contribution >= 0.6 is 11.3 Å². The largest absolute Gasteiger partial charge is 0.324 e. The molecule has 1 N–H and O–H groups in total. The van der Waals surface area contributed by atoms with Crippen LogP contribution in [0.15, 0.2) is 30.5 Å². The number of allylic oxidation sites excluding steroid dienone is 4. The number of hydrogen-bond acceptors (Lipinski definition) is 3. The molecule has 0 bridgehead atoms. The molecule has 1 aromatic heterocycles. The molecule has 0 saturated heterocycles. The Hall–Kier alpha value is -1.56. The van der Waals surface area contributed by atoms with Gasteiger partial charge in [0.05, 0.1) is 0 Å². The van der Waals surface area contributed by atoms with Crippen LogP contribution in [0.4, 0.5) is 9.93 Å². The highest BCUT2D eigenvalue weighted by molar-refractivity contribution is 7.23. The fourth-order valence-electron chi connectivity index (χ4n) is 5.25. The molecule has 3 aliphatic carbocycles. The van der Waals surface area contributed by atoms with Crippen LogP contribution in [0.2, 0.25) is 0 Å². The summed E-state index contributed by atoms with van der Waals surface area (Å²) in [5, 5.41) is 3.63. The summed E-state index contributed by atoms with van der Waals surface area (Å²) in [6, 6.07) is 0.732. The summed E-state index contributed by atoms with van der Waals surface area (Å²) in [7, 11) is 5.78. The molecule has 1 unspecified atom stereocenters. The SMILES string of the molecule is [B]c1cnc(NC(=O)N(C2CCCCC2)C2CCC(C3C=CC=CC3)CC2)s1. The maximum Gasteiger partial charge on any atom is 0.324 e. The van der Waals surface area contributed by atoms with Crippen molar-refractivity contribution in [1.82, 2.24) is 9.88 Å². The lowest BCUT2D eigenvalue weighted by Crippen LogP contribution is -2.51. The van der Waals surface area contributed by atoms with Crippen molar-refractivity contribution in [3.05, 3.63) is 30.5 Å². The van der Waals surface area contributed by atoms with Gasteiger partial charge in [-0.1, -0.05) is 43.6 Å². The quantitative estimate of drug-likeness (QED) is 0.745. The molecular formula is C22H30BN3OS. The summed E-state index contributed by atoms with van der Waals surface area (Å²) >= 11 is 1.34. The summed E-state index contributed by atoms with van der Waals surface area (Å²) in [6.45, 7) is 0. The van der Waals surface area contributed by atoms with E-state index < -0.39 is 0 Å². The van der Waals surface area contributed by atoms with E-state index in [4.69, 9.17) is 7.85 Å². The number of thiazole rings is 1. The van der Waals surface area contributed by atoms with Crippen LogP contribution in [0.25, 0.3) is 0 Å². The minimum absolute atomic E-state index is 0.0187. The Labute approximate surface area is 173 Å². The lowest BCUT2D eigenvalue weighted by molar-refractivity contribution is 0.0972. The van der Waals surface area contributed by atoms with Gasteiger partial charge in [0.2, 0.25) is 0 Å². The van der Waals surface area contributed by atoms with Crippen LogP contribution in [0.3, 0.4) is 0 Å². The van der Waals surface area contributed by atoms with Gasteiger partial charge in [0.1, 0.15) is 7.85 Å². The van der Waals surface area contributed by atoms with E-state index in [1.807, 2.05) is 0 Å². The minimum Gasteiger partial charge on any atom is -0.319 e. The van der Waals surface area contributed by atoms with Gasteiger partial charge in [-0.3, -0.25) is 5.32 Å². The lowest BCUT2D eigenvalue weighted by atomic mass is 9.75. The van der Waals surface area contributed by atoms with Crippen molar-refractivity contribution in [1.29, 1.82) is 0 Å². The monoisotopic (exact) mass is 395 g/mol. The van der Waals surface area contributed by atoms with Gasteiger partial charge in [0, 0.05) is 18.3 Å². The Morgan fingerprint density at radius 1 is 1.07 bits per heavy atom. The molecule has 148 valence electrons. The van der Waals surface area contributed by atoms with E-state index in [1.165, 1.54) is 49.9 Å². The molecule has 0 aliphatic heterocycles. The zero-order valence-corrected chi connectivity index (χ0v) is 17.4. The zero-order valence-electron chi connectivity index (χ0n) is 16.6. The topological polar surface area (TPSA) is 45.2 Å². The van der Waals surface area contributed by atoms with Crippen molar-refractivity contribution in [2.45, 2.75) is 76.3 Å². The highest BCUT2D eigenvalue weighted by Gasteiger charge is 2.35. The van der Waals surface area contributed by atoms with E-state index in [-0.39, 0.29) is 6.03 Å². The van der Waals surface area contributed by atoms with Crippen molar-refractivity contribution in [3.63, 3.8) is 0 Å². The highest BCUT2D eigenvalue weighted by Crippen LogP contribution is 2.38. The van der Waals surface area contributed by atoms with Crippen molar-refractivity contribution >= 4 is 35.1 Å². The molecule has 2 fully saturated rings. The third-order valence-corrected chi connectivity index (χ3v) is 7.44. The fourth-order valence-corrected chi connectivity index (χ4v) is 5.82.